The first-order chi connectivity index (χ1) is 10.4. The van der Waals surface area contributed by atoms with Crippen LogP contribution in [0.1, 0.15) is 41.8 Å². The molecule has 1 aliphatic carbocycles. The third kappa shape index (κ3) is 3.17. The van der Waals surface area contributed by atoms with Gasteiger partial charge in [0.15, 0.2) is 0 Å². The Bertz CT molecular complexity index is 676. The Morgan fingerprint density at radius 2 is 2.05 bits per heavy atom. The highest BCUT2D eigenvalue weighted by molar-refractivity contribution is 5.41. The smallest absolute Gasteiger partial charge is 0.0954 e. The maximum atomic E-state index is 8.84. The number of aliphatic hydroxyl groups is 1. The van der Waals surface area contributed by atoms with Gasteiger partial charge in [-0.05, 0) is 37.3 Å². The molecule has 3 rings (SSSR count). The summed E-state index contributed by atoms with van der Waals surface area (Å²) in [6.07, 6.45) is 7.25. The van der Waals surface area contributed by atoms with Gasteiger partial charge in [-0.1, -0.05) is 30.0 Å². The number of rotatable bonds is 3. The van der Waals surface area contributed by atoms with Crippen molar-refractivity contribution in [2.75, 3.05) is 6.61 Å². The summed E-state index contributed by atoms with van der Waals surface area (Å²) in [4.78, 5) is 4.55. The second kappa shape index (κ2) is 6.60. The summed E-state index contributed by atoms with van der Waals surface area (Å²) in [7, 11) is 0. The molecule has 1 N–H and O–H groups in total. The van der Waals surface area contributed by atoms with Crippen LogP contribution in [-0.2, 0) is 19.4 Å². The van der Waals surface area contributed by atoms with Gasteiger partial charge in [-0.15, -0.1) is 0 Å². The zero-order chi connectivity index (χ0) is 14.5. The van der Waals surface area contributed by atoms with Crippen molar-refractivity contribution in [2.45, 2.75) is 38.6 Å². The minimum atomic E-state index is 0.115. The summed E-state index contributed by atoms with van der Waals surface area (Å²) in [5.41, 5.74) is 4.92. The minimum Gasteiger partial charge on any atom is -0.395 e. The van der Waals surface area contributed by atoms with E-state index in [1.165, 1.54) is 29.8 Å². The van der Waals surface area contributed by atoms with Crippen LogP contribution in [0.3, 0.4) is 0 Å². The van der Waals surface area contributed by atoms with E-state index in [1.54, 1.807) is 0 Å². The Labute approximate surface area is 125 Å². The number of aliphatic hydroxyl groups excluding tert-OH is 1. The van der Waals surface area contributed by atoms with Crippen LogP contribution in [0.4, 0.5) is 0 Å². The summed E-state index contributed by atoms with van der Waals surface area (Å²) in [6, 6.07) is 8.23. The molecule has 3 nitrogen and oxygen atoms in total. The minimum absolute atomic E-state index is 0.115. The quantitative estimate of drug-likeness (QED) is 0.877. The van der Waals surface area contributed by atoms with Crippen molar-refractivity contribution < 1.29 is 5.11 Å². The third-order valence-electron chi connectivity index (χ3n) is 3.93. The Morgan fingerprint density at radius 3 is 2.95 bits per heavy atom. The van der Waals surface area contributed by atoms with Crippen LogP contribution >= 0.6 is 0 Å². The van der Waals surface area contributed by atoms with Crippen molar-refractivity contribution in [3.8, 4) is 11.8 Å². The van der Waals surface area contributed by atoms with Crippen LogP contribution in [-0.4, -0.2) is 21.3 Å². The molecule has 0 aliphatic heterocycles. The van der Waals surface area contributed by atoms with Gasteiger partial charge in [0.25, 0.3) is 0 Å². The molecule has 0 fully saturated rings. The van der Waals surface area contributed by atoms with E-state index in [2.05, 4.69) is 33.5 Å². The number of fused-ring (bicyclic) bond motifs is 1. The normalized spacial score (nSPS) is 13.4. The molecule has 1 aliphatic rings. The maximum Gasteiger partial charge on any atom is 0.0954 e. The predicted molar refractivity (Wildman–Crippen MR) is 83.0 cm³/mol. The van der Waals surface area contributed by atoms with Crippen molar-refractivity contribution in [1.29, 1.82) is 0 Å². The summed E-state index contributed by atoms with van der Waals surface area (Å²) in [5.74, 6) is 6.17. The van der Waals surface area contributed by atoms with Gasteiger partial charge in [0.2, 0.25) is 0 Å². The number of benzene rings is 1. The van der Waals surface area contributed by atoms with Crippen LogP contribution in [0.2, 0.25) is 0 Å². The van der Waals surface area contributed by atoms with E-state index in [0.29, 0.717) is 6.42 Å². The molecule has 1 aromatic carbocycles. The van der Waals surface area contributed by atoms with Crippen LogP contribution < -0.4 is 0 Å². The largest absolute Gasteiger partial charge is 0.395 e. The fourth-order valence-corrected chi connectivity index (χ4v) is 2.84. The first-order valence-electron chi connectivity index (χ1n) is 7.59. The molecular formula is C18H20N2O. The number of hydrogen-bond donors (Lipinski definition) is 1. The summed E-state index contributed by atoms with van der Waals surface area (Å²) < 4.78 is 2.26. The molecule has 0 amide bonds. The molecule has 1 aromatic heterocycles. The van der Waals surface area contributed by atoms with Gasteiger partial charge in [-0.2, -0.15) is 0 Å². The lowest BCUT2D eigenvalue weighted by Gasteiger charge is -2.14. The molecule has 0 spiro atoms. The molecule has 0 radical (unpaired) electrons. The highest BCUT2D eigenvalue weighted by Crippen LogP contribution is 2.21. The Morgan fingerprint density at radius 1 is 1.19 bits per heavy atom. The van der Waals surface area contributed by atoms with Gasteiger partial charge in [0, 0.05) is 24.2 Å². The predicted octanol–water partition coefficient (Wildman–Crippen LogP) is 2.54. The molecule has 0 saturated carbocycles. The number of aromatic nitrogens is 2. The SMILES string of the molecule is OCCC#Cc1ccccc1Cn1cnc2c1CCCC2. The molecular weight excluding hydrogens is 260 g/mol. The van der Waals surface area contributed by atoms with Crippen molar-refractivity contribution in [1.82, 2.24) is 9.55 Å². The highest BCUT2D eigenvalue weighted by atomic mass is 16.2. The lowest BCUT2D eigenvalue weighted by atomic mass is 10.0. The van der Waals surface area contributed by atoms with E-state index in [4.69, 9.17) is 5.11 Å². The average Bonchev–Trinajstić information content (AvgIpc) is 2.93. The van der Waals surface area contributed by atoms with E-state index in [-0.39, 0.29) is 6.61 Å². The van der Waals surface area contributed by atoms with Gasteiger partial charge in [-0.3, -0.25) is 0 Å². The van der Waals surface area contributed by atoms with E-state index in [1.807, 2.05) is 18.5 Å². The van der Waals surface area contributed by atoms with E-state index < -0.39 is 0 Å². The molecule has 0 saturated heterocycles. The van der Waals surface area contributed by atoms with Crippen molar-refractivity contribution in [3.63, 3.8) is 0 Å². The molecule has 21 heavy (non-hydrogen) atoms. The van der Waals surface area contributed by atoms with Crippen LogP contribution in [0.5, 0.6) is 0 Å². The van der Waals surface area contributed by atoms with Crippen LogP contribution in [0, 0.1) is 11.8 Å². The lowest BCUT2D eigenvalue weighted by Crippen LogP contribution is -2.09. The van der Waals surface area contributed by atoms with Crippen LogP contribution in [0.15, 0.2) is 30.6 Å². The number of hydrogen-bond acceptors (Lipinski definition) is 2. The summed E-state index contributed by atoms with van der Waals surface area (Å²) >= 11 is 0. The van der Waals surface area contributed by atoms with Crippen molar-refractivity contribution in [2.24, 2.45) is 0 Å². The zero-order valence-corrected chi connectivity index (χ0v) is 12.2. The second-order valence-electron chi connectivity index (χ2n) is 5.41. The Kier molecular flexibility index (Phi) is 4.37. The summed E-state index contributed by atoms with van der Waals surface area (Å²) in [5, 5.41) is 8.84. The van der Waals surface area contributed by atoms with Crippen LogP contribution in [0.25, 0.3) is 0 Å². The molecule has 0 bridgehead atoms. The Balaban J connectivity index is 1.85. The molecule has 108 valence electrons. The van der Waals surface area contributed by atoms with Gasteiger partial charge in [-0.25, -0.2) is 4.98 Å². The second-order valence-corrected chi connectivity index (χ2v) is 5.41. The topological polar surface area (TPSA) is 38.0 Å². The molecule has 0 unspecified atom stereocenters. The highest BCUT2D eigenvalue weighted by Gasteiger charge is 2.15. The lowest BCUT2D eigenvalue weighted by molar-refractivity contribution is 0.305. The van der Waals surface area contributed by atoms with E-state index in [9.17, 15) is 0 Å². The first kappa shape index (κ1) is 13.9. The third-order valence-corrected chi connectivity index (χ3v) is 3.93. The van der Waals surface area contributed by atoms with Gasteiger partial charge in [0.05, 0.1) is 18.6 Å². The number of imidazole rings is 1. The number of nitrogens with zero attached hydrogens (tertiary/aromatic N) is 2. The zero-order valence-electron chi connectivity index (χ0n) is 12.2. The fraction of sp³-hybridized carbons (Fsp3) is 0.389. The van der Waals surface area contributed by atoms with Gasteiger partial charge < -0.3 is 9.67 Å². The number of aryl methyl sites for hydroxylation is 1. The monoisotopic (exact) mass is 280 g/mol. The fourth-order valence-electron chi connectivity index (χ4n) is 2.84. The van der Waals surface area contributed by atoms with Crippen molar-refractivity contribution >= 4 is 0 Å². The molecule has 2 aromatic rings. The standard InChI is InChI=1S/C18H20N2O/c21-12-6-5-8-15-7-1-2-9-16(15)13-20-14-19-17-10-3-4-11-18(17)20/h1-2,7,9,14,21H,3-4,6,10-13H2. The molecule has 0 atom stereocenters. The van der Waals surface area contributed by atoms with E-state index >= 15 is 0 Å². The Hall–Kier alpha value is -2.05. The first-order valence-corrected chi connectivity index (χ1v) is 7.59. The van der Waals surface area contributed by atoms with E-state index in [0.717, 1.165) is 24.9 Å². The molecule has 1 heterocycles. The molecule has 3 heteroatoms. The van der Waals surface area contributed by atoms with Crippen molar-refractivity contribution in [3.05, 3.63) is 53.1 Å². The summed E-state index contributed by atoms with van der Waals surface area (Å²) in [6.45, 7) is 0.941. The average molecular weight is 280 g/mol. The van der Waals surface area contributed by atoms with Gasteiger partial charge >= 0.3 is 0 Å². The maximum absolute atomic E-state index is 8.84. The van der Waals surface area contributed by atoms with Gasteiger partial charge in [0.1, 0.15) is 0 Å².